The van der Waals surface area contributed by atoms with E-state index in [4.69, 9.17) is 4.74 Å². The topological polar surface area (TPSA) is 61.4 Å². The van der Waals surface area contributed by atoms with Gasteiger partial charge in [0.05, 0.1) is 24.9 Å². The standard InChI is InChI=1S/C20H18F2N4O2/c1-4-16-23-11(2)18-20(27)25(10-12-13(21)6-5-7-14(12)22)15-8-9-17(28-3)24-19(15)26(16)18/h5-9H,4,10H2,1-3H3. The molecule has 8 heteroatoms. The Labute approximate surface area is 159 Å². The van der Waals surface area contributed by atoms with Crippen molar-refractivity contribution in [3.05, 3.63) is 69.4 Å². The molecule has 0 spiro atoms. The maximum absolute atomic E-state index is 14.2. The molecule has 0 saturated heterocycles. The fraction of sp³-hybridized carbons (Fsp3) is 0.250. The maximum Gasteiger partial charge on any atom is 0.277 e. The molecule has 28 heavy (non-hydrogen) atoms. The van der Waals surface area contributed by atoms with E-state index in [2.05, 4.69) is 9.97 Å². The second-order valence-corrected chi connectivity index (χ2v) is 6.44. The highest BCUT2D eigenvalue weighted by Gasteiger charge is 2.20. The molecule has 0 saturated carbocycles. The van der Waals surface area contributed by atoms with Crippen LogP contribution in [0.5, 0.6) is 5.88 Å². The van der Waals surface area contributed by atoms with Gasteiger partial charge in [-0.15, -0.1) is 0 Å². The van der Waals surface area contributed by atoms with Crippen molar-refractivity contribution in [1.82, 2.24) is 18.9 Å². The molecule has 4 rings (SSSR count). The average Bonchev–Trinajstić information content (AvgIpc) is 3.03. The first-order valence-electron chi connectivity index (χ1n) is 8.84. The van der Waals surface area contributed by atoms with Gasteiger partial charge in [0.1, 0.15) is 23.0 Å². The van der Waals surface area contributed by atoms with Gasteiger partial charge >= 0.3 is 0 Å². The summed E-state index contributed by atoms with van der Waals surface area (Å²) in [6.45, 7) is 3.40. The van der Waals surface area contributed by atoms with Gasteiger partial charge in [-0.05, 0) is 25.1 Å². The summed E-state index contributed by atoms with van der Waals surface area (Å²) in [5.41, 5.74) is 1.19. The molecule has 0 unspecified atom stereocenters. The van der Waals surface area contributed by atoms with Gasteiger partial charge in [-0.2, -0.15) is 4.98 Å². The van der Waals surface area contributed by atoms with Crippen LogP contribution in [0.3, 0.4) is 0 Å². The second-order valence-electron chi connectivity index (χ2n) is 6.44. The molecule has 0 aliphatic heterocycles. The molecule has 144 valence electrons. The Hall–Kier alpha value is -3.29. The van der Waals surface area contributed by atoms with Crippen molar-refractivity contribution in [3.8, 4) is 5.88 Å². The van der Waals surface area contributed by atoms with Crippen molar-refractivity contribution < 1.29 is 13.5 Å². The lowest BCUT2D eigenvalue weighted by Gasteiger charge is -2.14. The summed E-state index contributed by atoms with van der Waals surface area (Å²) < 4.78 is 36.7. The lowest BCUT2D eigenvalue weighted by Crippen LogP contribution is -2.25. The van der Waals surface area contributed by atoms with Gasteiger partial charge in [0, 0.05) is 18.1 Å². The molecule has 3 heterocycles. The van der Waals surface area contributed by atoms with E-state index in [1.165, 1.54) is 29.9 Å². The minimum atomic E-state index is -0.708. The number of hydrogen-bond acceptors (Lipinski definition) is 4. The Morgan fingerprint density at radius 3 is 2.46 bits per heavy atom. The largest absolute Gasteiger partial charge is 0.481 e. The van der Waals surface area contributed by atoms with Gasteiger partial charge in [0.15, 0.2) is 5.65 Å². The minimum absolute atomic E-state index is 0.182. The third-order valence-corrected chi connectivity index (χ3v) is 4.80. The SMILES string of the molecule is CCc1nc(C)c2c(=O)n(Cc3c(F)cccc3F)c3ccc(OC)nc3n12. The van der Waals surface area contributed by atoms with E-state index in [1.54, 1.807) is 23.5 Å². The number of ether oxygens (including phenoxy) is 1. The number of aryl methyl sites for hydroxylation is 2. The molecule has 6 nitrogen and oxygen atoms in total. The highest BCUT2D eigenvalue weighted by atomic mass is 19.1. The van der Waals surface area contributed by atoms with Gasteiger partial charge in [-0.1, -0.05) is 13.0 Å². The van der Waals surface area contributed by atoms with Crippen LogP contribution in [0, 0.1) is 18.6 Å². The minimum Gasteiger partial charge on any atom is -0.481 e. The van der Waals surface area contributed by atoms with E-state index in [1.807, 2.05) is 6.92 Å². The molecule has 0 aliphatic carbocycles. The Bertz CT molecular complexity index is 1260. The number of fused-ring (bicyclic) bond motifs is 3. The maximum atomic E-state index is 14.2. The number of halogens is 2. The van der Waals surface area contributed by atoms with E-state index in [-0.39, 0.29) is 17.7 Å². The lowest BCUT2D eigenvalue weighted by molar-refractivity contribution is 0.399. The first-order chi connectivity index (χ1) is 13.5. The highest BCUT2D eigenvalue weighted by molar-refractivity contribution is 5.77. The predicted molar refractivity (Wildman–Crippen MR) is 101 cm³/mol. The molecule has 4 aromatic rings. The number of nitrogens with zero attached hydrogens (tertiary/aromatic N) is 4. The average molecular weight is 384 g/mol. The van der Waals surface area contributed by atoms with E-state index in [0.717, 1.165) is 0 Å². The van der Waals surface area contributed by atoms with Crippen molar-refractivity contribution in [2.45, 2.75) is 26.8 Å². The van der Waals surface area contributed by atoms with Gasteiger partial charge in [0.25, 0.3) is 5.56 Å². The molecule has 0 radical (unpaired) electrons. The van der Waals surface area contributed by atoms with Crippen LogP contribution in [0.25, 0.3) is 16.7 Å². The Morgan fingerprint density at radius 2 is 1.82 bits per heavy atom. The molecule has 0 N–H and O–H groups in total. The van der Waals surface area contributed by atoms with Crippen LogP contribution in [0.2, 0.25) is 0 Å². The van der Waals surface area contributed by atoms with Crippen LogP contribution in [-0.4, -0.2) is 26.0 Å². The molecule has 0 amide bonds. The molecule has 0 fully saturated rings. The van der Waals surface area contributed by atoms with Crippen LogP contribution in [0.15, 0.2) is 35.1 Å². The summed E-state index contributed by atoms with van der Waals surface area (Å²) in [4.78, 5) is 22.2. The highest BCUT2D eigenvalue weighted by Crippen LogP contribution is 2.22. The Morgan fingerprint density at radius 1 is 1.11 bits per heavy atom. The van der Waals surface area contributed by atoms with E-state index in [0.29, 0.717) is 40.5 Å². The second kappa shape index (κ2) is 6.70. The molecular formula is C20H18F2N4O2. The van der Waals surface area contributed by atoms with Gasteiger partial charge in [0.2, 0.25) is 5.88 Å². The van der Waals surface area contributed by atoms with Crippen LogP contribution < -0.4 is 10.3 Å². The number of hydrogen-bond donors (Lipinski definition) is 0. The van der Waals surface area contributed by atoms with Crippen LogP contribution in [0.1, 0.15) is 24.0 Å². The van der Waals surface area contributed by atoms with Crippen LogP contribution >= 0.6 is 0 Å². The first-order valence-corrected chi connectivity index (χ1v) is 8.84. The van der Waals surface area contributed by atoms with Crippen LogP contribution in [-0.2, 0) is 13.0 Å². The molecule has 3 aromatic heterocycles. The van der Waals surface area contributed by atoms with Crippen molar-refractivity contribution in [2.75, 3.05) is 7.11 Å². The van der Waals surface area contributed by atoms with Gasteiger partial charge < -0.3 is 4.74 Å². The molecule has 0 aliphatic rings. The summed E-state index contributed by atoms with van der Waals surface area (Å²) in [6, 6.07) is 6.90. The Balaban J connectivity index is 2.12. The predicted octanol–water partition coefficient (Wildman–Crippen LogP) is 3.25. The number of methoxy groups -OCH3 is 1. The first kappa shape index (κ1) is 18.1. The fourth-order valence-corrected chi connectivity index (χ4v) is 3.45. The Kier molecular flexibility index (Phi) is 4.33. The number of rotatable bonds is 4. The number of imidazole rings is 1. The molecule has 1 aromatic carbocycles. The monoisotopic (exact) mass is 384 g/mol. The van der Waals surface area contributed by atoms with Crippen molar-refractivity contribution in [1.29, 1.82) is 0 Å². The summed E-state index contributed by atoms with van der Waals surface area (Å²) >= 11 is 0. The third-order valence-electron chi connectivity index (χ3n) is 4.80. The number of benzene rings is 1. The normalized spacial score (nSPS) is 11.5. The van der Waals surface area contributed by atoms with E-state index < -0.39 is 11.6 Å². The van der Waals surface area contributed by atoms with Gasteiger partial charge in [-0.25, -0.2) is 13.8 Å². The molecule has 0 atom stereocenters. The van der Waals surface area contributed by atoms with Crippen LogP contribution in [0.4, 0.5) is 8.78 Å². The quantitative estimate of drug-likeness (QED) is 0.542. The number of aromatic nitrogens is 4. The van der Waals surface area contributed by atoms with E-state index in [9.17, 15) is 13.6 Å². The third kappa shape index (κ3) is 2.64. The molecule has 0 bridgehead atoms. The molecular weight excluding hydrogens is 366 g/mol. The van der Waals surface area contributed by atoms with E-state index >= 15 is 0 Å². The summed E-state index contributed by atoms with van der Waals surface area (Å²) in [5.74, 6) is -0.370. The van der Waals surface area contributed by atoms with Crippen molar-refractivity contribution >= 4 is 16.7 Å². The summed E-state index contributed by atoms with van der Waals surface area (Å²) in [7, 11) is 1.50. The smallest absolute Gasteiger partial charge is 0.277 e. The number of pyridine rings is 1. The summed E-state index contributed by atoms with van der Waals surface area (Å²) in [5, 5.41) is 0. The fourth-order valence-electron chi connectivity index (χ4n) is 3.45. The van der Waals surface area contributed by atoms with Crippen molar-refractivity contribution in [3.63, 3.8) is 0 Å². The van der Waals surface area contributed by atoms with Gasteiger partial charge in [-0.3, -0.25) is 13.8 Å². The zero-order valence-corrected chi connectivity index (χ0v) is 15.7. The zero-order valence-electron chi connectivity index (χ0n) is 15.7. The summed E-state index contributed by atoms with van der Waals surface area (Å²) in [6.07, 6.45) is 0.592. The lowest BCUT2D eigenvalue weighted by atomic mass is 10.2. The zero-order chi connectivity index (χ0) is 20.0. The van der Waals surface area contributed by atoms with Crippen molar-refractivity contribution in [2.24, 2.45) is 0 Å².